The highest BCUT2D eigenvalue weighted by molar-refractivity contribution is 7.89. The van der Waals surface area contributed by atoms with Gasteiger partial charge in [-0.25, -0.2) is 8.42 Å². The minimum Gasteiger partial charge on any atom is -0.368 e. The molecule has 0 bridgehead atoms. The molecule has 1 aliphatic heterocycles. The lowest BCUT2D eigenvalue weighted by molar-refractivity contribution is -0.158. The number of hydrogen-bond donors (Lipinski definition) is 3. The van der Waals surface area contributed by atoms with E-state index in [0.29, 0.717) is 31.9 Å². The molecule has 0 saturated carbocycles. The van der Waals surface area contributed by atoms with Crippen LogP contribution in [0.15, 0.2) is 52.4 Å². The first kappa shape index (κ1) is 27.9. The van der Waals surface area contributed by atoms with Crippen LogP contribution < -0.4 is 15.4 Å². The highest BCUT2D eigenvalue weighted by Gasteiger charge is 2.44. The van der Waals surface area contributed by atoms with Gasteiger partial charge in [0.1, 0.15) is 11.9 Å². The minimum absolute atomic E-state index is 0.232. The molecule has 0 aromatic heterocycles. The molecule has 0 fully saturated rings. The van der Waals surface area contributed by atoms with E-state index in [1.54, 1.807) is 0 Å². The van der Waals surface area contributed by atoms with Gasteiger partial charge in [0, 0.05) is 18.2 Å². The Kier molecular flexibility index (Phi) is 7.75. The van der Waals surface area contributed by atoms with E-state index in [4.69, 9.17) is 0 Å². The van der Waals surface area contributed by atoms with Crippen molar-refractivity contribution in [2.45, 2.75) is 55.0 Å². The van der Waals surface area contributed by atoms with Gasteiger partial charge in [0.05, 0.1) is 23.4 Å². The first-order valence-corrected chi connectivity index (χ1v) is 13.2. The van der Waals surface area contributed by atoms with E-state index < -0.39 is 57.2 Å². The molecule has 0 radical (unpaired) electrons. The average molecular weight is 563 g/mol. The van der Waals surface area contributed by atoms with Gasteiger partial charge < -0.3 is 10.6 Å². The number of rotatable bonds is 7. The predicted molar refractivity (Wildman–Crippen MR) is 126 cm³/mol. The molecule has 2 atom stereocenters. The normalized spacial score (nSPS) is 18.8. The summed E-state index contributed by atoms with van der Waals surface area (Å²) in [5.74, 6) is -0.234. The number of benzene rings is 2. The van der Waals surface area contributed by atoms with Crippen LogP contribution in [0.2, 0.25) is 0 Å². The van der Waals surface area contributed by atoms with Gasteiger partial charge in [-0.2, -0.15) is 31.1 Å². The number of halogens is 6. The van der Waals surface area contributed by atoms with Gasteiger partial charge in [0.15, 0.2) is 0 Å². The van der Waals surface area contributed by atoms with E-state index >= 15 is 0 Å². The number of fused-ring (bicyclic) bond motifs is 1. The van der Waals surface area contributed by atoms with Crippen molar-refractivity contribution in [3.8, 4) is 0 Å². The number of amides is 1. The molecule has 206 valence electrons. The van der Waals surface area contributed by atoms with Crippen LogP contribution in [0.1, 0.15) is 35.1 Å². The summed E-state index contributed by atoms with van der Waals surface area (Å²) in [4.78, 5) is 15.9. The standard InChI is InChI=1S/C24H24F6N4O3S/c25-23(26,27)17-2-1-3-19(12-17)38(36,37)34-20(24(28,29)30)13-21(35)33-18-7-6-14-10-16(5-4-15(14)11-18)22-31-8-9-32-22/h1-5,10,12,18,20,34H,6-9,11,13H2,(H,31,32)(H,33,35)/t18-,20+/m0/s1. The zero-order valence-corrected chi connectivity index (χ0v) is 20.6. The number of carbonyl (C=O) groups is 1. The number of alkyl halides is 6. The molecule has 2 aliphatic rings. The van der Waals surface area contributed by atoms with Crippen LogP contribution in [0.5, 0.6) is 0 Å². The van der Waals surface area contributed by atoms with Crippen LogP contribution >= 0.6 is 0 Å². The summed E-state index contributed by atoms with van der Waals surface area (Å²) in [6.45, 7) is 1.45. The van der Waals surface area contributed by atoms with E-state index in [1.807, 2.05) is 18.2 Å². The Hall–Kier alpha value is -3.13. The third-order valence-corrected chi connectivity index (χ3v) is 7.77. The number of aryl methyl sites for hydroxylation is 1. The monoisotopic (exact) mass is 562 g/mol. The molecule has 0 spiro atoms. The van der Waals surface area contributed by atoms with E-state index in [9.17, 15) is 39.6 Å². The van der Waals surface area contributed by atoms with Gasteiger partial charge in [-0.05, 0) is 54.7 Å². The Bertz CT molecular complexity index is 1340. The number of nitrogens with zero attached hydrogens (tertiary/aromatic N) is 1. The van der Waals surface area contributed by atoms with Crippen molar-refractivity contribution in [2.24, 2.45) is 4.99 Å². The lowest BCUT2D eigenvalue weighted by Gasteiger charge is -2.27. The molecule has 38 heavy (non-hydrogen) atoms. The summed E-state index contributed by atoms with van der Waals surface area (Å²) < 4.78 is 106. The summed E-state index contributed by atoms with van der Waals surface area (Å²) in [7, 11) is -5.02. The molecule has 1 amide bonds. The van der Waals surface area contributed by atoms with Gasteiger partial charge in [-0.15, -0.1) is 0 Å². The number of sulfonamides is 1. The van der Waals surface area contributed by atoms with E-state index in [2.05, 4.69) is 15.6 Å². The Labute approximate surface area is 214 Å². The summed E-state index contributed by atoms with van der Waals surface area (Å²) in [6.07, 6.45) is -9.90. The Morgan fingerprint density at radius 1 is 1.08 bits per heavy atom. The maximum absolute atomic E-state index is 13.6. The Morgan fingerprint density at radius 2 is 1.84 bits per heavy atom. The summed E-state index contributed by atoms with van der Waals surface area (Å²) in [6, 6.07) is 4.80. The minimum atomic E-state index is -5.17. The number of amidine groups is 1. The smallest absolute Gasteiger partial charge is 0.368 e. The highest BCUT2D eigenvalue weighted by Crippen LogP contribution is 2.31. The topological polar surface area (TPSA) is 99.7 Å². The lowest BCUT2D eigenvalue weighted by atomic mass is 9.87. The van der Waals surface area contributed by atoms with Crippen molar-refractivity contribution in [1.82, 2.24) is 15.4 Å². The van der Waals surface area contributed by atoms with Crippen molar-refractivity contribution in [1.29, 1.82) is 0 Å². The number of carbonyl (C=O) groups excluding carboxylic acids is 1. The number of hydrogen-bond acceptors (Lipinski definition) is 5. The van der Waals surface area contributed by atoms with Gasteiger partial charge in [0.25, 0.3) is 0 Å². The van der Waals surface area contributed by atoms with Crippen LogP contribution in [-0.2, 0) is 33.8 Å². The third kappa shape index (κ3) is 6.65. The van der Waals surface area contributed by atoms with Crippen molar-refractivity contribution >= 4 is 21.8 Å². The Balaban J connectivity index is 1.41. The molecule has 4 rings (SSSR count). The zero-order valence-electron chi connectivity index (χ0n) is 19.8. The fraction of sp³-hybridized carbons (Fsp3) is 0.417. The second kappa shape index (κ2) is 10.6. The second-order valence-electron chi connectivity index (χ2n) is 9.09. The van der Waals surface area contributed by atoms with E-state index in [0.717, 1.165) is 41.2 Å². The average Bonchev–Trinajstić information content (AvgIpc) is 3.37. The number of nitrogens with one attached hydrogen (secondary N) is 3. The second-order valence-corrected chi connectivity index (χ2v) is 10.8. The predicted octanol–water partition coefficient (Wildman–Crippen LogP) is 3.33. The third-order valence-electron chi connectivity index (χ3n) is 6.30. The van der Waals surface area contributed by atoms with Crippen LogP contribution in [0, 0.1) is 0 Å². The molecule has 1 heterocycles. The van der Waals surface area contributed by atoms with Crippen LogP contribution in [0.3, 0.4) is 0 Å². The summed E-state index contributed by atoms with van der Waals surface area (Å²) >= 11 is 0. The molecule has 2 aromatic rings. The van der Waals surface area contributed by atoms with E-state index in [-0.39, 0.29) is 6.07 Å². The van der Waals surface area contributed by atoms with Crippen molar-refractivity contribution in [3.63, 3.8) is 0 Å². The zero-order chi connectivity index (χ0) is 27.7. The maximum Gasteiger partial charge on any atom is 0.416 e. The van der Waals surface area contributed by atoms with Gasteiger partial charge in [0.2, 0.25) is 15.9 Å². The quantitative estimate of drug-likeness (QED) is 0.451. The Morgan fingerprint density at radius 3 is 2.50 bits per heavy atom. The first-order chi connectivity index (χ1) is 17.7. The van der Waals surface area contributed by atoms with Crippen LogP contribution in [0.25, 0.3) is 0 Å². The van der Waals surface area contributed by atoms with Gasteiger partial charge in [-0.1, -0.05) is 18.2 Å². The fourth-order valence-corrected chi connectivity index (χ4v) is 5.68. The van der Waals surface area contributed by atoms with Crippen LogP contribution in [0.4, 0.5) is 26.3 Å². The fourth-order valence-electron chi connectivity index (χ4n) is 4.41. The molecular weight excluding hydrogens is 538 g/mol. The van der Waals surface area contributed by atoms with Crippen molar-refractivity contribution in [2.75, 3.05) is 13.1 Å². The summed E-state index contributed by atoms with van der Waals surface area (Å²) in [5, 5.41) is 5.71. The molecule has 1 aliphatic carbocycles. The number of aliphatic imine (C=N–C) groups is 1. The highest BCUT2D eigenvalue weighted by atomic mass is 32.2. The molecule has 2 aromatic carbocycles. The molecular formula is C24H24F6N4O3S. The van der Waals surface area contributed by atoms with Gasteiger partial charge >= 0.3 is 12.4 Å². The SMILES string of the molecule is O=C(C[C@@H](NS(=O)(=O)c1cccc(C(F)(F)F)c1)C(F)(F)F)N[C@H]1CCc2cc(C3=NCCN3)ccc2C1. The molecule has 0 unspecified atom stereocenters. The molecule has 14 heteroatoms. The summed E-state index contributed by atoms with van der Waals surface area (Å²) in [5.41, 5.74) is 1.58. The molecule has 3 N–H and O–H groups in total. The maximum atomic E-state index is 13.6. The largest absolute Gasteiger partial charge is 0.416 e. The van der Waals surface area contributed by atoms with Crippen LogP contribution in [-0.4, -0.2) is 51.5 Å². The van der Waals surface area contributed by atoms with Crippen molar-refractivity contribution in [3.05, 3.63) is 64.7 Å². The van der Waals surface area contributed by atoms with E-state index in [1.165, 1.54) is 4.72 Å². The molecule has 0 saturated heterocycles. The molecule has 7 nitrogen and oxygen atoms in total. The first-order valence-electron chi connectivity index (χ1n) is 11.7. The van der Waals surface area contributed by atoms with Gasteiger partial charge in [-0.3, -0.25) is 9.79 Å². The van der Waals surface area contributed by atoms with Crippen molar-refractivity contribution < 1.29 is 39.6 Å². The lowest BCUT2D eigenvalue weighted by Crippen LogP contribution is -2.49.